The topological polar surface area (TPSA) is 54.0 Å². The molecule has 2 rings (SSSR count). The average Bonchev–Trinajstić information content (AvgIpc) is 2.56. The minimum absolute atomic E-state index is 0. The van der Waals surface area contributed by atoms with Gasteiger partial charge in [0.1, 0.15) is 0 Å². The Morgan fingerprint density at radius 1 is 1.25 bits per heavy atom. The summed E-state index contributed by atoms with van der Waals surface area (Å²) in [7, 11) is 0. The molecule has 0 saturated carbocycles. The van der Waals surface area contributed by atoms with Gasteiger partial charge in [-0.3, -0.25) is 9.78 Å². The highest BCUT2D eigenvalue weighted by atomic mass is 35.5. The van der Waals surface area contributed by atoms with Gasteiger partial charge >= 0.3 is 0 Å². The molecule has 158 valence electrons. The Morgan fingerprint density at radius 3 is 2.54 bits per heavy atom. The fraction of sp³-hybridized carbons (Fsp3) is 0.400. The number of hydrogen-bond acceptors (Lipinski definition) is 3. The van der Waals surface area contributed by atoms with Crippen LogP contribution in [-0.2, 0) is 17.8 Å². The monoisotopic (exact) mass is 419 g/mol. The van der Waals surface area contributed by atoms with Crippen LogP contribution in [0, 0.1) is 19.7 Å². The maximum absolute atomic E-state index is 14.6. The summed E-state index contributed by atoms with van der Waals surface area (Å²) in [5.41, 5.74) is 2.35. The third-order valence-electron chi connectivity index (χ3n) is 3.92. The van der Waals surface area contributed by atoms with Crippen molar-refractivity contribution in [3.63, 3.8) is 0 Å². The maximum atomic E-state index is 14.6. The number of pyridine rings is 1. The van der Waals surface area contributed by atoms with Crippen LogP contribution in [0.5, 0.6) is 0 Å². The van der Waals surface area contributed by atoms with E-state index in [1.165, 1.54) is 12.1 Å². The first-order valence-corrected chi connectivity index (χ1v) is 8.73. The van der Waals surface area contributed by atoms with Crippen molar-refractivity contribution in [2.75, 3.05) is 11.9 Å². The van der Waals surface area contributed by atoms with Gasteiger partial charge in [0.15, 0.2) is 5.82 Å². The molecule has 0 aliphatic rings. The number of hydrogen-bond donors (Lipinski definition) is 2. The number of aromatic nitrogens is 1. The average molecular weight is 420 g/mol. The summed E-state index contributed by atoms with van der Waals surface area (Å²) in [6, 6.07) is 6.34. The highest BCUT2D eigenvalue weighted by Gasteiger charge is 2.22. The quantitative estimate of drug-likeness (QED) is 0.619. The molecule has 1 amide bonds. The summed E-state index contributed by atoms with van der Waals surface area (Å²) in [6.45, 7) is 3.96. The van der Waals surface area contributed by atoms with Gasteiger partial charge in [-0.05, 0) is 37.6 Å². The van der Waals surface area contributed by atoms with Gasteiger partial charge in [-0.15, -0.1) is 0 Å². The third-order valence-corrected chi connectivity index (χ3v) is 4.28. The molecule has 0 saturated heterocycles. The minimum atomic E-state index is -3.00. The van der Waals surface area contributed by atoms with Gasteiger partial charge in [-0.1, -0.05) is 25.1 Å². The van der Waals surface area contributed by atoms with Crippen LogP contribution >= 0.6 is 11.6 Å². The molecule has 1 aromatic heterocycles. The van der Waals surface area contributed by atoms with E-state index >= 15 is 0 Å². The second kappa shape index (κ2) is 9.78. The molecule has 1 heterocycles. The Kier molecular flexibility index (Phi) is 8.29. The van der Waals surface area contributed by atoms with E-state index in [1.54, 1.807) is 0 Å². The van der Waals surface area contributed by atoms with Gasteiger partial charge in [0, 0.05) is 38.3 Å². The lowest BCUT2D eigenvalue weighted by Crippen LogP contribution is -2.26. The number of rotatable bonds is 7. The Labute approximate surface area is 171 Å². The molecule has 0 aliphatic heterocycles. The molecule has 2 N–H and O–H groups in total. The second-order valence-electron chi connectivity index (χ2n) is 6.46. The number of benzene rings is 1. The molecule has 28 heavy (non-hydrogen) atoms. The number of amides is 1. The first kappa shape index (κ1) is 23.8. The SMILES string of the molecule is C.Cc1ccc(CNC(=O)Cc2c(Cl)ccc(NCC(C)(F)F)c2F)c(C)n1.[HH].[HH]. The van der Waals surface area contributed by atoms with Crippen LogP contribution in [0.15, 0.2) is 24.3 Å². The van der Waals surface area contributed by atoms with E-state index in [4.69, 9.17) is 11.6 Å². The molecule has 0 bridgehead atoms. The van der Waals surface area contributed by atoms with Crippen LogP contribution in [0.1, 0.15) is 39.7 Å². The first-order valence-electron chi connectivity index (χ1n) is 8.35. The van der Waals surface area contributed by atoms with Crippen LogP contribution in [0.2, 0.25) is 5.02 Å². The highest BCUT2D eigenvalue weighted by Crippen LogP contribution is 2.27. The number of nitrogens with zero attached hydrogens (tertiary/aromatic N) is 1. The Balaban J connectivity index is 0. The van der Waals surface area contributed by atoms with Crippen molar-refractivity contribution in [3.05, 3.63) is 57.6 Å². The zero-order valence-electron chi connectivity index (χ0n) is 15.3. The Morgan fingerprint density at radius 2 is 1.93 bits per heavy atom. The van der Waals surface area contributed by atoms with Crippen LogP contribution in [0.25, 0.3) is 0 Å². The predicted octanol–water partition coefficient (Wildman–Crippen LogP) is 5.55. The van der Waals surface area contributed by atoms with Gasteiger partial charge in [0.05, 0.1) is 18.7 Å². The summed E-state index contributed by atoms with van der Waals surface area (Å²) >= 11 is 5.99. The van der Waals surface area contributed by atoms with E-state index in [0.717, 1.165) is 23.9 Å². The standard InChI is InChI=1S/C19H21ClF3N3O.CH4.2H2/c1-11-4-5-13(12(2)26-11)9-24-17(27)8-14-15(20)6-7-16(18(14)21)25-10-19(3,22)23;;;/h4-7,25H,8-10H2,1-3H3,(H,24,27);1H4;2*1H. The van der Waals surface area contributed by atoms with Gasteiger partial charge in [0.25, 0.3) is 5.92 Å². The molecule has 0 spiro atoms. The number of alkyl halides is 2. The molecule has 0 aliphatic carbocycles. The summed E-state index contributed by atoms with van der Waals surface area (Å²) < 4.78 is 40.5. The van der Waals surface area contributed by atoms with Crippen molar-refractivity contribution in [1.82, 2.24) is 10.3 Å². The molecule has 0 unspecified atom stereocenters. The predicted molar refractivity (Wildman–Crippen MR) is 111 cm³/mol. The number of carbonyl (C=O) groups is 1. The van der Waals surface area contributed by atoms with Gasteiger partial charge in [0.2, 0.25) is 5.91 Å². The lowest BCUT2D eigenvalue weighted by atomic mass is 10.1. The van der Waals surface area contributed by atoms with Gasteiger partial charge in [-0.2, -0.15) is 0 Å². The van der Waals surface area contributed by atoms with Crippen LogP contribution in [0.4, 0.5) is 18.9 Å². The molecule has 4 nitrogen and oxygen atoms in total. The summed E-state index contributed by atoms with van der Waals surface area (Å²) in [4.78, 5) is 16.5. The molecular formula is C20H29ClF3N3O. The van der Waals surface area contributed by atoms with E-state index in [-0.39, 0.29) is 39.5 Å². The molecule has 8 heteroatoms. The smallest absolute Gasteiger partial charge is 0.262 e. The Bertz CT molecular complexity index is 849. The third kappa shape index (κ3) is 6.71. The Hall–Kier alpha value is -2.28. The van der Waals surface area contributed by atoms with Crippen molar-refractivity contribution in [2.24, 2.45) is 0 Å². The summed E-state index contributed by atoms with van der Waals surface area (Å²) in [6.07, 6.45) is -0.305. The van der Waals surface area contributed by atoms with Crippen molar-refractivity contribution in [3.8, 4) is 0 Å². The van der Waals surface area contributed by atoms with Crippen molar-refractivity contribution in [1.29, 1.82) is 0 Å². The maximum Gasteiger partial charge on any atom is 0.262 e. The van der Waals surface area contributed by atoms with E-state index in [2.05, 4.69) is 15.6 Å². The summed E-state index contributed by atoms with van der Waals surface area (Å²) in [5, 5.41) is 5.09. The number of carbonyl (C=O) groups excluding carboxylic acids is 1. The molecule has 2 aromatic rings. The van der Waals surface area contributed by atoms with Crippen LogP contribution in [0.3, 0.4) is 0 Å². The number of aryl methyl sites for hydroxylation is 2. The van der Waals surface area contributed by atoms with Crippen LogP contribution in [-0.4, -0.2) is 23.4 Å². The molecule has 0 radical (unpaired) electrons. The fourth-order valence-corrected chi connectivity index (χ4v) is 2.68. The van der Waals surface area contributed by atoms with E-state index in [1.807, 2.05) is 26.0 Å². The number of anilines is 1. The van der Waals surface area contributed by atoms with Gasteiger partial charge < -0.3 is 10.6 Å². The lowest BCUT2D eigenvalue weighted by Gasteiger charge is -2.15. The van der Waals surface area contributed by atoms with Gasteiger partial charge in [-0.25, -0.2) is 13.2 Å². The second-order valence-corrected chi connectivity index (χ2v) is 6.87. The zero-order chi connectivity index (χ0) is 20.2. The molecular weight excluding hydrogens is 391 g/mol. The minimum Gasteiger partial charge on any atom is -0.377 e. The van der Waals surface area contributed by atoms with Crippen molar-refractivity contribution in [2.45, 2.75) is 47.1 Å². The lowest BCUT2D eigenvalue weighted by molar-refractivity contribution is -0.120. The largest absolute Gasteiger partial charge is 0.377 e. The molecule has 0 atom stereocenters. The normalized spacial score (nSPS) is 11.0. The van der Waals surface area contributed by atoms with E-state index in [0.29, 0.717) is 0 Å². The highest BCUT2D eigenvalue weighted by molar-refractivity contribution is 6.31. The van der Waals surface area contributed by atoms with E-state index < -0.39 is 24.2 Å². The fourth-order valence-electron chi connectivity index (χ4n) is 2.47. The van der Waals surface area contributed by atoms with E-state index in [9.17, 15) is 18.0 Å². The first-order chi connectivity index (χ1) is 12.6. The number of nitrogens with one attached hydrogen (secondary N) is 2. The van der Waals surface area contributed by atoms with Crippen molar-refractivity contribution >= 4 is 23.2 Å². The zero-order valence-corrected chi connectivity index (χ0v) is 16.1. The summed E-state index contributed by atoms with van der Waals surface area (Å²) in [5.74, 6) is -4.24. The molecule has 0 fully saturated rings. The van der Waals surface area contributed by atoms with Crippen molar-refractivity contribution < 1.29 is 20.8 Å². The van der Waals surface area contributed by atoms with Crippen LogP contribution < -0.4 is 10.6 Å². The number of halogens is 4. The molecule has 1 aromatic carbocycles.